The van der Waals surface area contributed by atoms with E-state index in [1.807, 2.05) is 12.1 Å². The van der Waals surface area contributed by atoms with Gasteiger partial charge < -0.3 is 19.9 Å². The number of nitrogens with one attached hydrogen (secondary N) is 1. The largest absolute Gasteiger partial charge is 0.502 e. The van der Waals surface area contributed by atoms with Crippen LogP contribution in [0.3, 0.4) is 0 Å². The minimum atomic E-state index is 0.0615. The number of benzene rings is 1. The molecule has 0 aliphatic heterocycles. The van der Waals surface area contributed by atoms with Crippen molar-refractivity contribution in [1.82, 2.24) is 5.32 Å². The van der Waals surface area contributed by atoms with E-state index in [0.29, 0.717) is 17.5 Å². The molecule has 106 valence electrons. The first kappa shape index (κ1) is 14.0. The van der Waals surface area contributed by atoms with Gasteiger partial charge in [-0.25, -0.2) is 0 Å². The lowest BCUT2D eigenvalue weighted by Crippen LogP contribution is -2.30. The molecule has 0 heterocycles. The van der Waals surface area contributed by atoms with Crippen LogP contribution in [0.5, 0.6) is 17.2 Å². The van der Waals surface area contributed by atoms with E-state index in [0.717, 1.165) is 12.1 Å². The lowest BCUT2D eigenvalue weighted by molar-refractivity contribution is 0.337. The Kier molecular flexibility index (Phi) is 4.91. The number of aromatic hydroxyl groups is 1. The van der Waals surface area contributed by atoms with Crippen molar-refractivity contribution in [2.24, 2.45) is 0 Å². The summed E-state index contributed by atoms with van der Waals surface area (Å²) in [5.41, 5.74) is 1.07. The van der Waals surface area contributed by atoms with Gasteiger partial charge in [0, 0.05) is 12.6 Å². The summed E-state index contributed by atoms with van der Waals surface area (Å²) in [6.07, 6.45) is 6.51. The minimum absolute atomic E-state index is 0.0615. The van der Waals surface area contributed by atoms with Gasteiger partial charge >= 0.3 is 0 Å². The summed E-state index contributed by atoms with van der Waals surface area (Å²) in [5, 5.41) is 13.4. The second kappa shape index (κ2) is 6.66. The number of hydrogen-bond acceptors (Lipinski definition) is 4. The molecule has 1 saturated carbocycles. The summed E-state index contributed by atoms with van der Waals surface area (Å²) in [7, 11) is 3.10. The molecule has 0 aromatic heterocycles. The van der Waals surface area contributed by atoms with Gasteiger partial charge in [-0.2, -0.15) is 0 Å². The summed E-state index contributed by atoms with van der Waals surface area (Å²) in [6, 6.07) is 4.32. The van der Waals surface area contributed by atoms with Crippen molar-refractivity contribution in [2.75, 3.05) is 14.2 Å². The van der Waals surface area contributed by atoms with Gasteiger partial charge in [0.2, 0.25) is 5.75 Å². The van der Waals surface area contributed by atoms with Crippen LogP contribution in [0.15, 0.2) is 12.1 Å². The van der Waals surface area contributed by atoms with Gasteiger partial charge in [0.25, 0.3) is 0 Å². The molecule has 1 aliphatic rings. The van der Waals surface area contributed by atoms with Crippen LogP contribution in [0.1, 0.15) is 37.7 Å². The van der Waals surface area contributed by atoms with Crippen LogP contribution in [-0.2, 0) is 6.54 Å². The predicted molar refractivity (Wildman–Crippen MR) is 74.9 cm³/mol. The molecule has 19 heavy (non-hydrogen) atoms. The molecule has 0 unspecified atom stereocenters. The molecule has 0 amide bonds. The van der Waals surface area contributed by atoms with Crippen molar-refractivity contribution in [3.8, 4) is 17.2 Å². The Morgan fingerprint density at radius 2 is 1.68 bits per heavy atom. The SMILES string of the molecule is COc1cc(CNC2CCCCC2)cc(OC)c1O. The zero-order chi connectivity index (χ0) is 13.7. The summed E-state index contributed by atoms with van der Waals surface area (Å²) in [4.78, 5) is 0. The zero-order valence-electron chi connectivity index (χ0n) is 11.7. The average molecular weight is 265 g/mol. The van der Waals surface area contributed by atoms with Crippen molar-refractivity contribution in [3.05, 3.63) is 17.7 Å². The summed E-state index contributed by atoms with van der Waals surface area (Å²) >= 11 is 0. The van der Waals surface area contributed by atoms with Crippen LogP contribution < -0.4 is 14.8 Å². The fraction of sp³-hybridized carbons (Fsp3) is 0.600. The summed E-state index contributed by atoms with van der Waals surface area (Å²) in [5.74, 6) is 0.978. The van der Waals surface area contributed by atoms with Gasteiger partial charge in [0.15, 0.2) is 11.5 Å². The van der Waals surface area contributed by atoms with E-state index < -0.39 is 0 Å². The van der Waals surface area contributed by atoms with Crippen molar-refractivity contribution >= 4 is 0 Å². The molecule has 1 aromatic carbocycles. The highest BCUT2D eigenvalue weighted by molar-refractivity contribution is 5.52. The zero-order valence-corrected chi connectivity index (χ0v) is 11.7. The molecule has 0 atom stereocenters. The second-order valence-electron chi connectivity index (χ2n) is 5.06. The first-order chi connectivity index (χ1) is 9.24. The molecule has 2 rings (SSSR count). The van der Waals surface area contributed by atoms with Crippen LogP contribution in [0, 0.1) is 0 Å². The monoisotopic (exact) mass is 265 g/mol. The standard InChI is InChI=1S/C15H23NO3/c1-18-13-8-11(9-14(19-2)15(13)17)10-16-12-6-4-3-5-7-12/h8-9,12,16-17H,3-7,10H2,1-2H3. The Bertz CT molecular complexity index is 389. The van der Waals surface area contributed by atoms with Gasteiger partial charge in [0.1, 0.15) is 0 Å². The molecular formula is C15H23NO3. The van der Waals surface area contributed by atoms with Gasteiger partial charge in [-0.1, -0.05) is 19.3 Å². The van der Waals surface area contributed by atoms with Gasteiger partial charge in [-0.05, 0) is 30.5 Å². The Hall–Kier alpha value is -1.42. The Morgan fingerprint density at radius 1 is 1.11 bits per heavy atom. The third-order valence-electron chi connectivity index (χ3n) is 3.74. The molecular weight excluding hydrogens is 242 g/mol. The molecule has 1 fully saturated rings. The lowest BCUT2D eigenvalue weighted by atomic mass is 9.95. The van der Waals surface area contributed by atoms with Crippen LogP contribution in [0.2, 0.25) is 0 Å². The third kappa shape index (κ3) is 3.53. The van der Waals surface area contributed by atoms with E-state index >= 15 is 0 Å². The Labute approximate surface area is 114 Å². The van der Waals surface area contributed by atoms with E-state index in [1.54, 1.807) is 14.2 Å². The fourth-order valence-corrected chi connectivity index (χ4v) is 2.62. The number of phenols is 1. The summed E-state index contributed by atoms with van der Waals surface area (Å²) in [6.45, 7) is 0.775. The molecule has 4 heteroatoms. The van der Waals surface area contributed by atoms with Crippen molar-refractivity contribution in [1.29, 1.82) is 0 Å². The van der Waals surface area contributed by atoms with E-state index in [4.69, 9.17) is 9.47 Å². The van der Waals surface area contributed by atoms with E-state index in [9.17, 15) is 5.11 Å². The maximum absolute atomic E-state index is 9.86. The van der Waals surface area contributed by atoms with E-state index in [1.165, 1.54) is 32.1 Å². The number of phenolic OH excluding ortho intramolecular Hbond substituents is 1. The third-order valence-corrected chi connectivity index (χ3v) is 3.74. The predicted octanol–water partition coefficient (Wildman–Crippen LogP) is 2.83. The highest BCUT2D eigenvalue weighted by Crippen LogP contribution is 2.37. The van der Waals surface area contributed by atoms with Gasteiger partial charge in [-0.3, -0.25) is 0 Å². The molecule has 0 spiro atoms. The molecule has 4 nitrogen and oxygen atoms in total. The smallest absolute Gasteiger partial charge is 0.200 e. The van der Waals surface area contributed by atoms with Crippen molar-refractivity contribution in [2.45, 2.75) is 44.7 Å². The van der Waals surface area contributed by atoms with Crippen LogP contribution in [0.25, 0.3) is 0 Å². The van der Waals surface area contributed by atoms with Gasteiger partial charge in [0.05, 0.1) is 14.2 Å². The average Bonchev–Trinajstić information content (AvgIpc) is 2.47. The first-order valence-corrected chi connectivity index (χ1v) is 6.92. The quantitative estimate of drug-likeness (QED) is 0.859. The lowest BCUT2D eigenvalue weighted by Gasteiger charge is -2.23. The molecule has 2 N–H and O–H groups in total. The number of hydrogen-bond donors (Lipinski definition) is 2. The highest BCUT2D eigenvalue weighted by atomic mass is 16.5. The Balaban J connectivity index is 2.02. The van der Waals surface area contributed by atoms with Crippen LogP contribution in [-0.4, -0.2) is 25.4 Å². The normalized spacial score (nSPS) is 16.3. The van der Waals surface area contributed by atoms with Gasteiger partial charge in [-0.15, -0.1) is 0 Å². The molecule has 1 aliphatic carbocycles. The van der Waals surface area contributed by atoms with Crippen molar-refractivity contribution < 1.29 is 14.6 Å². The molecule has 0 radical (unpaired) electrons. The van der Waals surface area contributed by atoms with E-state index in [-0.39, 0.29) is 5.75 Å². The number of methoxy groups -OCH3 is 2. The first-order valence-electron chi connectivity index (χ1n) is 6.92. The molecule has 0 bridgehead atoms. The Morgan fingerprint density at radius 3 is 2.21 bits per heavy atom. The number of rotatable bonds is 5. The molecule has 1 aromatic rings. The fourth-order valence-electron chi connectivity index (χ4n) is 2.62. The van der Waals surface area contributed by atoms with Crippen LogP contribution >= 0.6 is 0 Å². The maximum Gasteiger partial charge on any atom is 0.200 e. The second-order valence-corrected chi connectivity index (χ2v) is 5.06. The van der Waals surface area contributed by atoms with E-state index in [2.05, 4.69) is 5.32 Å². The summed E-state index contributed by atoms with van der Waals surface area (Å²) < 4.78 is 10.3. The van der Waals surface area contributed by atoms with Crippen LogP contribution in [0.4, 0.5) is 0 Å². The maximum atomic E-state index is 9.86. The molecule has 0 saturated heterocycles. The van der Waals surface area contributed by atoms with Crippen molar-refractivity contribution in [3.63, 3.8) is 0 Å². The number of ether oxygens (including phenoxy) is 2. The highest BCUT2D eigenvalue weighted by Gasteiger charge is 2.14. The minimum Gasteiger partial charge on any atom is -0.502 e. The topological polar surface area (TPSA) is 50.7 Å².